The summed E-state index contributed by atoms with van der Waals surface area (Å²) in [5.74, 6) is 0.0710. The van der Waals surface area contributed by atoms with E-state index in [2.05, 4.69) is 6.07 Å². The summed E-state index contributed by atoms with van der Waals surface area (Å²) in [5.41, 5.74) is 3.12. The molecular weight excluding hydrogens is 436 g/mol. The van der Waals surface area contributed by atoms with Crippen molar-refractivity contribution in [2.45, 2.75) is 31.8 Å². The molecule has 1 fully saturated rings. The number of benzene rings is 2. The predicted molar refractivity (Wildman–Crippen MR) is 127 cm³/mol. The molecule has 1 amide bonds. The molecule has 1 saturated carbocycles. The first kappa shape index (κ1) is 21.1. The van der Waals surface area contributed by atoms with E-state index in [1.54, 1.807) is 28.2 Å². The fourth-order valence-electron chi connectivity index (χ4n) is 3.88. The molecule has 4 aromatic rings. The highest BCUT2D eigenvalue weighted by Gasteiger charge is 2.33. The third-order valence-electron chi connectivity index (χ3n) is 5.72. The molecule has 1 aliphatic rings. The third kappa shape index (κ3) is 4.70. The average molecular weight is 459 g/mol. The lowest BCUT2D eigenvalue weighted by molar-refractivity contribution is -0.384. The molecule has 0 bridgehead atoms. The number of nitro groups is 1. The van der Waals surface area contributed by atoms with Gasteiger partial charge in [0, 0.05) is 40.4 Å². The Morgan fingerprint density at radius 2 is 1.85 bits per heavy atom. The van der Waals surface area contributed by atoms with Crippen LogP contribution in [0.4, 0.5) is 5.69 Å². The molecular formula is C25H22N4O3S. The summed E-state index contributed by atoms with van der Waals surface area (Å²) in [6, 6.07) is 20.4. The summed E-state index contributed by atoms with van der Waals surface area (Å²) >= 11 is 1.66. The van der Waals surface area contributed by atoms with Crippen LogP contribution in [0.1, 0.15) is 23.3 Å². The second-order valence-corrected chi connectivity index (χ2v) is 9.13. The normalized spacial score (nSPS) is 13.1. The van der Waals surface area contributed by atoms with Crippen molar-refractivity contribution in [3.8, 4) is 16.9 Å². The number of non-ortho nitro benzene ring substituents is 1. The van der Waals surface area contributed by atoms with E-state index in [-0.39, 0.29) is 18.0 Å². The van der Waals surface area contributed by atoms with E-state index in [1.807, 2.05) is 52.9 Å². The Morgan fingerprint density at radius 3 is 2.48 bits per heavy atom. The van der Waals surface area contributed by atoms with Crippen LogP contribution >= 0.6 is 11.3 Å². The van der Waals surface area contributed by atoms with Crippen molar-refractivity contribution in [2.24, 2.45) is 0 Å². The standard InChI is InChI=1S/C25H22N4O3S/c30-24(27(20-12-13-20)17-23-7-4-14-33-23)15-19-16-28(21-5-2-1-3-6-21)26-25(19)18-8-10-22(11-9-18)29(31)32/h1-11,14,16,20H,12-13,15,17H2. The monoisotopic (exact) mass is 458 g/mol. The number of carbonyl (C=O) groups excluding carboxylic acids is 1. The number of para-hydroxylation sites is 1. The number of amides is 1. The molecule has 0 aliphatic heterocycles. The van der Waals surface area contributed by atoms with Crippen LogP contribution in [-0.2, 0) is 17.8 Å². The lowest BCUT2D eigenvalue weighted by Gasteiger charge is -2.21. The van der Waals surface area contributed by atoms with Gasteiger partial charge in [0.1, 0.15) is 0 Å². The summed E-state index contributed by atoms with van der Waals surface area (Å²) in [5, 5.41) is 17.8. The van der Waals surface area contributed by atoms with Crippen LogP contribution in [0.5, 0.6) is 0 Å². The van der Waals surface area contributed by atoms with Gasteiger partial charge in [-0.15, -0.1) is 11.3 Å². The Kier molecular flexibility index (Phi) is 5.75. The zero-order valence-corrected chi connectivity index (χ0v) is 18.6. The molecule has 0 radical (unpaired) electrons. The number of rotatable bonds is 8. The van der Waals surface area contributed by atoms with Crippen molar-refractivity contribution < 1.29 is 9.72 Å². The highest BCUT2D eigenvalue weighted by atomic mass is 32.1. The van der Waals surface area contributed by atoms with Crippen molar-refractivity contribution in [1.82, 2.24) is 14.7 Å². The Hall–Kier alpha value is -3.78. The number of nitrogens with zero attached hydrogens (tertiary/aromatic N) is 4. The van der Waals surface area contributed by atoms with E-state index < -0.39 is 4.92 Å². The fraction of sp³-hybridized carbons (Fsp3) is 0.200. The van der Waals surface area contributed by atoms with Gasteiger partial charge in [-0.1, -0.05) is 24.3 Å². The molecule has 1 aliphatic carbocycles. The van der Waals surface area contributed by atoms with Crippen LogP contribution in [0.15, 0.2) is 78.3 Å². The van der Waals surface area contributed by atoms with E-state index in [1.165, 1.54) is 17.0 Å². The quantitative estimate of drug-likeness (QED) is 0.267. The summed E-state index contributed by atoms with van der Waals surface area (Å²) in [7, 11) is 0. The molecule has 0 N–H and O–H groups in total. The van der Waals surface area contributed by atoms with Crippen LogP contribution in [0, 0.1) is 10.1 Å². The first-order chi connectivity index (χ1) is 16.1. The first-order valence-corrected chi connectivity index (χ1v) is 11.7. The van der Waals surface area contributed by atoms with Gasteiger partial charge >= 0.3 is 0 Å². The van der Waals surface area contributed by atoms with Gasteiger partial charge in [0.2, 0.25) is 5.91 Å². The average Bonchev–Trinajstić information content (AvgIpc) is 3.37. The molecule has 5 rings (SSSR count). The van der Waals surface area contributed by atoms with Crippen LogP contribution in [0.3, 0.4) is 0 Å². The molecule has 0 spiro atoms. The lowest BCUT2D eigenvalue weighted by atomic mass is 10.0. The SMILES string of the molecule is O=C(Cc1cn(-c2ccccc2)nc1-c1ccc([N+](=O)[O-])cc1)N(Cc1cccs1)C1CC1. The predicted octanol–water partition coefficient (Wildman–Crippen LogP) is 5.24. The highest BCUT2D eigenvalue weighted by molar-refractivity contribution is 7.09. The molecule has 2 heterocycles. The maximum Gasteiger partial charge on any atom is 0.269 e. The Bertz CT molecular complexity index is 1260. The minimum atomic E-state index is -0.422. The van der Waals surface area contributed by atoms with Gasteiger partial charge < -0.3 is 4.90 Å². The second kappa shape index (κ2) is 8.99. The number of nitro benzene ring substituents is 1. The number of carbonyl (C=O) groups is 1. The van der Waals surface area contributed by atoms with Gasteiger partial charge in [0.15, 0.2) is 0 Å². The fourth-order valence-corrected chi connectivity index (χ4v) is 4.58. The topological polar surface area (TPSA) is 81.3 Å². The van der Waals surface area contributed by atoms with Gasteiger partial charge in [0.05, 0.1) is 29.3 Å². The Morgan fingerprint density at radius 1 is 1.09 bits per heavy atom. The van der Waals surface area contributed by atoms with Gasteiger partial charge in [-0.25, -0.2) is 4.68 Å². The second-order valence-electron chi connectivity index (χ2n) is 8.10. The largest absolute Gasteiger partial charge is 0.334 e. The zero-order chi connectivity index (χ0) is 22.8. The molecule has 0 unspecified atom stereocenters. The smallest absolute Gasteiger partial charge is 0.269 e. The first-order valence-electron chi connectivity index (χ1n) is 10.8. The zero-order valence-electron chi connectivity index (χ0n) is 17.8. The van der Waals surface area contributed by atoms with E-state index in [9.17, 15) is 14.9 Å². The van der Waals surface area contributed by atoms with E-state index >= 15 is 0 Å². The molecule has 2 aromatic heterocycles. The van der Waals surface area contributed by atoms with Crippen molar-refractivity contribution in [3.63, 3.8) is 0 Å². The molecule has 166 valence electrons. The molecule has 33 heavy (non-hydrogen) atoms. The van der Waals surface area contributed by atoms with Crippen molar-refractivity contribution in [1.29, 1.82) is 0 Å². The summed E-state index contributed by atoms with van der Waals surface area (Å²) in [6.45, 7) is 0.626. The summed E-state index contributed by atoms with van der Waals surface area (Å²) < 4.78 is 1.76. The Labute approximate surface area is 195 Å². The lowest BCUT2D eigenvalue weighted by Crippen LogP contribution is -2.33. The maximum absolute atomic E-state index is 13.4. The summed E-state index contributed by atoms with van der Waals surface area (Å²) in [6.07, 6.45) is 4.19. The van der Waals surface area contributed by atoms with Gasteiger partial charge in [0.25, 0.3) is 5.69 Å². The molecule has 0 saturated heterocycles. The summed E-state index contributed by atoms with van der Waals surface area (Å²) in [4.78, 5) is 27.2. The number of hydrogen-bond donors (Lipinski definition) is 0. The van der Waals surface area contributed by atoms with Crippen molar-refractivity contribution in [3.05, 3.63) is 98.9 Å². The molecule has 2 aromatic carbocycles. The minimum Gasteiger partial charge on any atom is -0.334 e. The molecule has 8 heteroatoms. The van der Waals surface area contributed by atoms with Crippen molar-refractivity contribution in [2.75, 3.05) is 0 Å². The maximum atomic E-state index is 13.4. The van der Waals surface area contributed by atoms with Gasteiger partial charge in [-0.05, 0) is 48.6 Å². The number of hydrogen-bond acceptors (Lipinski definition) is 5. The molecule has 7 nitrogen and oxygen atoms in total. The van der Waals surface area contributed by atoms with E-state index in [0.29, 0.717) is 18.3 Å². The van der Waals surface area contributed by atoms with Gasteiger partial charge in [-0.3, -0.25) is 14.9 Å². The third-order valence-corrected chi connectivity index (χ3v) is 6.58. The van der Waals surface area contributed by atoms with Crippen LogP contribution in [0.2, 0.25) is 0 Å². The van der Waals surface area contributed by atoms with Crippen LogP contribution in [0.25, 0.3) is 16.9 Å². The van der Waals surface area contributed by atoms with E-state index in [0.717, 1.165) is 29.7 Å². The highest BCUT2D eigenvalue weighted by Crippen LogP contribution is 2.31. The Balaban J connectivity index is 1.47. The van der Waals surface area contributed by atoms with Crippen molar-refractivity contribution >= 4 is 22.9 Å². The molecule has 0 atom stereocenters. The van der Waals surface area contributed by atoms with Gasteiger partial charge in [-0.2, -0.15) is 5.10 Å². The van der Waals surface area contributed by atoms with E-state index in [4.69, 9.17) is 5.10 Å². The van der Waals surface area contributed by atoms with Crippen LogP contribution < -0.4 is 0 Å². The van der Waals surface area contributed by atoms with Crippen LogP contribution in [-0.4, -0.2) is 31.6 Å². The number of thiophene rings is 1. The minimum absolute atomic E-state index is 0.0229. The number of aromatic nitrogens is 2.